The van der Waals surface area contributed by atoms with Crippen LogP contribution in [0.25, 0.3) is 0 Å². The van der Waals surface area contributed by atoms with Crippen molar-refractivity contribution in [3.63, 3.8) is 0 Å². The quantitative estimate of drug-likeness (QED) is 0.0693. The first-order valence-electron chi connectivity index (χ1n) is 14.1. The summed E-state index contributed by atoms with van der Waals surface area (Å²) in [4.78, 5) is 26.6. The van der Waals surface area contributed by atoms with E-state index in [1.165, 1.54) is 0 Å². The van der Waals surface area contributed by atoms with Crippen molar-refractivity contribution in [2.24, 2.45) is 42.9 Å². The summed E-state index contributed by atoms with van der Waals surface area (Å²) in [5.74, 6) is -1.16. The third-order valence-electron chi connectivity index (χ3n) is 5.82. The van der Waals surface area contributed by atoms with Gasteiger partial charge in [0, 0.05) is 34.5 Å². The molecule has 2 aromatic carbocycles. The number of unbranched alkanes of at least 4 members (excludes halogenated alkanes) is 3. The number of aliphatic hydroxyl groups excluding tert-OH is 5. The average molecular weight is 702 g/mol. The van der Waals surface area contributed by atoms with Crippen LogP contribution in [0, 0.1) is 0 Å². The summed E-state index contributed by atoms with van der Waals surface area (Å²) in [5, 5.41) is 58.9. The minimum atomic E-state index is -2.20. The van der Waals surface area contributed by atoms with E-state index in [9.17, 15) is 4.79 Å². The van der Waals surface area contributed by atoms with Gasteiger partial charge in [-0.25, -0.2) is 4.79 Å². The smallest absolute Gasteiger partial charge is 0.335 e. The number of guanidine groups is 4. The molecule has 16 N–H and O–H groups in total. The summed E-state index contributed by atoms with van der Waals surface area (Å²) < 4.78 is 0. The van der Waals surface area contributed by atoms with Gasteiger partial charge in [-0.3, -0.25) is 9.98 Å². The van der Waals surface area contributed by atoms with E-state index in [4.69, 9.17) is 76.8 Å². The van der Waals surface area contributed by atoms with Crippen LogP contribution in [-0.2, 0) is 4.79 Å². The predicted molar refractivity (Wildman–Crippen MR) is 184 cm³/mol. The number of benzene rings is 2. The zero-order valence-corrected chi connectivity index (χ0v) is 26.8. The number of nitrogens with two attached hydrogens (primary N) is 4. The Morgan fingerprint density at radius 2 is 1.06 bits per heavy atom. The molecule has 4 atom stereocenters. The molecule has 0 amide bonds. The fourth-order valence-corrected chi connectivity index (χ4v) is 3.62. The second kappa shape index (κ2) is 22.3. The highest BCUT2D eigenvalue weighted by molar-refractivity contribution is 6.31. The molecule has 260 valence electrons. The Kier molecular flexibility index (Phi) is 19.4. The first-order chi connectivity index (χ1) is 22.2. The molecule has 47 heavy (non-hydrogen) atoms. The summed E-state index contributed by atoms with van der Waals surface area (Å²) >= 11 is 11.7. The van der Waals surface area contributed by atoms with Gasteiger partial charge in [-0.2, -0.15) is 9.98 Å². The highest BCUT2D eigenvalue weighted by atomic mass is 35.5. The molecule has 2 aromatic rings. The minimum Gasteiger partial charge on any atom is -0.479 e. The number of carboxylic acid groups (broad SMARTS) is 1. The van der Waals surface area contributed by atoms with Gasteiger partial charge in [0.15, 0.2) is 6.10 Å². The van der Waals surface area contributed by atoms with Crippen LogP contribution in [0.5, 0.6) is 0 Å². The number of nitrogens with zero attached hydrogens (tertiary/aromatic N) is 4. The van der Waals surface area contributed by atoms with Gasteiger partial charge >= 0.3 is 5.97 Å². The number of carbonyl (C=O) groups is 1. The SMILES string of the molecule is NC(=NCCCCCCN=C(N)/N=C(\N)Nc1ccc(Cl)cc1)/N=C(\N)Nc1ccc(Cl)cc1.O=C(O)[C@H](O)[C@H](O)[C@H](O)[C@@H](O)CO. The highest BCUT2D eigenvalue weighted by Crippen LogP contribution is 2.14. The summed E-state index contributed by atoms with van der Waals surface area (Å²) in [7, 11) is 0. The van der Waals surface area contributed by atoms with Crippen molar-refractivity contribution in [2.45, 2.75) is 50.1 Å². The van der Waals surface area contributed by atoms with E-state index in [0.29, 0.717) is 23.1 Å². The van der Waals surface area contributed by atoms with Crippen molar-refractivity contribution in [2.75, 3.05) is 30.3 Å². The molecule has 0 unspecified atom stereocenters. The number of hydrogen-bond acceptors (Lipinski definition) is 8. The Hall–Kier alpha value is -4.23. The number of nitrogens with one attached hydrogen (secondary N) is 2. The highest BCUT2D eigenvalue weighted by Gasteiger charge is 2.33. The van der Waals surface area contributed by atoms with Crippen molar-refractivity contribution in [3.8, 4) is 0 Å². The molecule has 0 aromatic heterocycles. The van der Waals surface area contributed by atoms with Crippen LogP contribution in [0.4, 0.5) is 11.4 Å². The van der Waals surface area contributed by atoms with Gasteiger partial charge in [0.2, 0.25) is 23.8 Å². The Balaban J connectivity index is 0.000000716. The van der Waals surface area contributed by atoms with E-state index in [-0.39, 0.29) is 23.8 Å². The molecule has 17 nitrogen and oxygen atoms in total. The largest absolute Gasteiger partial charge is 0.479 e. The Morgan fingerprint density at radius 3 is 1.40 bits per heavy atom. The van der Waals surface area contributed by atoms with Gasteiger partial charge in [-0.15, -0.1) is 0 Å². The lowest BCUT2D eigenvalue weighted by molar-refractivity contribution is -0.164. The van der Waals surface area contributed by atoms with E-state index < -0.39 is 37.0 Å². The van der Waals surface area contributed by atoms with Crippen LogP contribution in [0.15, 0.2) is 68.5 Å². The Bertz CT molecular complexity index is 1260. The monoisotopic (exact) mass is 700 g/mol. The van der Waals surface area contributed by atoms with E-state index >= 15 is 0 Å². The van der Waals surface area contributed by atoms with E-state index in [1.807, 2.05) is 0 Å². The van der Waals surface area contributed by atoms with Crippen molar-refractivity contribution in [1.82, 2.24) is 0 Å². The van der Waals surface area contributed by atoms with Crippen LogP contribution in [0.1, 0.15) is 25.7 Å². The van der Waals surface area contributed by atoms with E-state index in [1.54, 1.807) is 48.5 Å². The molecule has 0 aliphatic rings. The average Bonchev–Trinajstić information content (AvgIpc) is 3.03. The summed E-state index contributed by atoms with van der Waals surface area (Å²) in [6.07, 6.45) is -4.15. The molecule has 0 aliphatic carbocycles. The van der Waals surface area contributed by atoms with Crippen molar-refractivity contribution in [3.05, 3.63) is 58.6 Å². The number of rotatable bonds is 14. The molecule has 2 rings (SSSR count). The van der Waals surface area contributed by atoms with Gasteiger partial charge in [0.05, 0.1) is 6.61 Å². The fourth-order valence-electron chi connectivity index (χ4n) is 3.37. The molecule has 0 heterocycles. The zero-order chi connectivity index (χ0) is 35.4. The summed E-state index contributed by atoms with van der Waals surface area (Å²) in [6, 6.07) is 14.1. The number of halogens is 2. The van der Waals surface area contributed by atoms with Gasteiger partial charge < -0.3 is 64.2 Å². The number of aliphatic imine (C=N–C) groups is 4. The maximum absolute atomic E-state index is 10.1. The van der Waals surface area contributed by atoms with Crippen LogP contribution in [0.2, 0.25) is 10.0 Å². The number of aliphatic carboxylic acids is 1. The number of hydrogen-bond donors (Lipinski definition) is 12. The number of carboxylic acids is 1. The van der Waals surface area contributed by atoms with Gasteiger partial charge in [-0.1, -0.05) is 36.0 Å². The second-order valence-corrected chi connectivity index (χ2v) is 10.5. The molecule has 0 radical (unpaired) electrons. The van der Waals surface area contributed by atoms with Crippen molar-refractivity contribution < 1.29 is 35.4 Å². The lowest BCUT2D eigenvalue weighted by Crippen LogP contribution is -2.48. The predicted octanol–water partition coefficient (Wildman–Crippen LogP) is -0.156. The number of aliphatic hydroxyl groups is 5. The standard InChI is InChI=1S/C22H30Cl2N10.C6H12O7/c23-15-5-9-17(10-6-15)31-21(27)33-19(25)29-13-3-1-2-4-14-30-20(26)34-22(28)32-18-11-7-16(24)8-12-18;7-1-2(8)3(9)4(10)5(11)6(12)13/h5-12H,1-4,13-14H2,(H5,25,27,29,31,33)(H5,26,28,30,32,34);2-5,7-11H,1H2,(H,12,13)/t;2-,3+,4+,5+/m.0/s1. The lowest BCUT2D eigenvalue weighted by atomic mass is 10.0. The Labute approximate surface area is 281 Å². The van der Waals surface area contributed by atoms with Gasteiger partial charge in [-0.05, 0) is 61.4 Å². The van der Waals surface area contributed by atoms with E-state index in [2.05, 4.69) is 30.6 Å². The van der Waals surface area contributed by atoms with Crippen molar-refractivity contribution in [1.29, 1.82) is 0 Å². The molecule has 19 heteroatoms. The van der Waals surface area contributed by atoms with Crippen LogP contribution in [-0.4, -0.2) is 105 Å². The van der Waals surface area contributed by atoms with Gasteiger partial charge in [0.1, 0.15) is 18.3 Å². The fraction of sp³-hybridized carbons (Fsp3) is 0.393. The molecule has 0 spiro atoms. The van der Waals surface area contributed by atoms with Crippen molar-refractivity contribution >= 4 is 64.4 Å². The number of anilines is 2. The maximum Gasteiger partial charge on any atom is 0.335 e. The normalized spacial score (nSPS) is 15.1. The minimum absolute atomic E-state index is 0.124. The van der Waals surface area contributed by atoms with Crippen LogP contribution < -0.4 is 33.6 Å². The molecular weight excluding hydrogens is 659 g/mol. The summed E-state index contributed by atoms with van der Waals surface area (Å²) in [5.41, 5.74) is 24.8. The molecule has 0 saturated heterocycles. The Morgan fingerprint density at radius 1 is 0.681 bits per heavy atom. The van der Waals surface area contributed by atoms with Gasteiger partial charge in [0.25, 0.3) is 0 Å². The summed E-state index contributed by atoms with van der Waals surface area (Å²) in [6.45, 7) is 0.281. The molecule has 0 bridgehead atoms. The van der Waals surface area contributed by atoms with Crippen LogP contribution >= 0.6 is 23.2 Å². The molecular formula is C28H42Cl2N10O7. The third kappa shape index (κ3) is 17.9. The molecule has 0 aliphatic heterocycles. The maximum atomic E-state index is 10.1. The third-order valence-corrected chi connectivity index (χ3v) is 6.33. The zero-order valence-electron chi connectivity index (χ0n) is 25.3. The van der Waals surface area contributed by atoms with Crippen LogP contribution in [0.3, 0.4) is 0 Å². The van der Waals surface area contributed by atoms with E-state index in [0.717, 1.165) is 37.1 Å². The molecule has 0 fully saturated rings. The second-order valence-electron chi connectivity index (χ2n) is 9.67. The first-order valence-corrected chi connectivity index (χ1v) is 14.9. The first kappa shape index (κ1) is 40.8. The molecule has 0 saturated carbocycles. The lowest BCUT2D eigenvalue weighted by Gasteiger charge is -2.23. The topological polar surface area (TPSA) is 316 Å².